The second kappa shape index (κ2) is 8.28. The fourth-order valence-corrected chi connectivity index (χ4v) is 4.00. The van der Waals surface area contributed by atoms with Crippen molar-refractivity contribution >= 4 is 11.4 Å². The Balaban J connectivity index is 1.15. The number of aromatic nitrogens is 2. The molecule has 0 spiro atoms. The van der Waals surface area contributed by atoms with Crippen LogP contribution in [0.4, 0.5) is 5.69 Å². The highest BCUT2D eigenvalue weighted by Crippen LogP contribution is 2.30. The number of benzene rings is 2. The molecule has 0 saturated carbocycles. The van der Waals surface area contributed by atoms with Crippen LogP contribution in [-0.4, -0.2) is 47.0 Å². The Morgan fingerprint density at radius 3 is 2.40 bits per heavy atom. The monoisotopic (exact) mass is 403 g/mol. The molecule has 154 valence electrons. The van der Waals surface area contributed by atoms with Crippen molar-refractivity contribution in [3.63, 3.8) is 0 Å². The fourth-order valence-electron chi connectivity index (χ4n) is 4.00. The molecule has 0 N–H and O–H groups in total. The smallest absolute Gasteiger partial charge is 0.265 e. The maximum atomic E-state index is 5.61. The normalized spacial score (nSPS) is 19.6. The molecule has 3 aromatic rings. The maximum absolute atomic E-state index is 5.61. The molecule has 1 saturated heterocycles. The molecule has 3 heterocycles. The van der Waals surface area contributed by atoms with Gasteiger partial charge in [-0.25, -0.2) is 0 Å². The number of piperazine rings is 1. The Morgan fingerprint density at radius 1 is 0.933 bits per heavy atom. The van der Waals surface area contributed by atoms with Crippen LogP contribution >= 0.6 is 0 Å². The zero-order chi connectivity index (χ0) is 20.3. The molecule has 0 aliphatic carbocycles. The highest BCUT2D eigenvalue weighted by molar-refractivity contribution is 5.97. The number of oxime groups is 1. The first-order chi connectivity index (χ1) is 14.7. The van der Waals surface area contributed by atoms with Crippen molar-refractivity contribution in [2.75, 3.05) is 31.1 Å². The summed E-state index contributed by atoms with van der Waals surface area (Å²) in [6.07, 6.45) is 0.531. The lowest BCUT2D eigenvalue weighted by Gasteiger charge is -2.36. The number of hydrogen-bond donors (Lipinski definition) is 0. The van der Waals surface area contributed by atoms with Crippen molar-refractivity contribution in [2.45, 2.75) is 26.0 Å². The van der Waals surface area contributed by atoms with Crippen LogP contribution < -0.4 is 4.90 Å². The molecule has 0 amide bonds. The van der Waals surface area contributed by atoms with E-state index >= 15 is 0 Å². The zero-order valence-electron chi connectivity index (χ0n) is 17.1. The summed E-state index contributed by atoms with van der Waals surface area (Å²) in [4.78, 5) is 10.6. The van der Waals surface area contributed by atoms with Gasteiger partial charge in [0, 0.05) is 51.8 Å². The lowest BCUT2D eigenvalue weighted by atomic mass is 10.0. The molecular weight excluding hydrogens is 378 g/mol. The molecule has 2 aliphatic rings. The van der Waals surface area contributed by atoms with Crippen LogP contribution in [0, 0.1) is 6.92 Å². The van der Waals surface area contributed by atoms with Gasteiger partial charge in [-0.15, -0.1) is 10.2 Å². The van der Waals surface area contributed by atoms with Crippen molar-refractivity contribution in [1.82, 2.24) is 15.1 Å². The Hall–Kier alpha value is -3.19. The average molecular weight is 403 g/mol. The van der Waals surface area contributed by atoms with Gasteiger partial charge in [-0.2, -0.15) is 0 Å². The van der Waals surface area contributed by atoms with Crippen LogP contribution in [0.25, 0.3) is 0 Å². The first kappa shape index (κ1) is 18.8. The van der Waals surface area contributed by atoms with E-state index in [-0.39, 0.29) is 6.10 Å². The molecule has 1 atom stereocenters. The van der Waals surface area contributed by atoms with Crippen LogP contribution in [0.3, 0.4) is 0 Å². The average Bonchev–Trinajstić information content (AvgIpc) is 3.44. The third kappa shape index (κ3) is 4.07. The van der Waals surface area contributed by atoms with E-state index in [9.17, 15) is 0 Å². The summed E-state index contributed by atoms with van der Waals surface area (Å²) >= 11 is 0. The van der Waals surface area contributed by atoms with Crippen molar-refractivity contribution < 1.29 is 9.25 Å². The quantitative estimate of drug-likeness (QED) is 0.649. The summed E-state index contributed by atoms with van der Waals surface area (Å²) in [5.41, 5.74) is 4.45. The molecule has 5 rings (SSSR count). The predicted octanol–water partition coefficient (Wildman–Crippen LogP) is 3.57. The van der Waals surface area contributed by atoms with E-state index < -0.39 is 0 Å². The van der Waals surface area contributed by atoms with Crippen LogP contribution in [0.5, 0.6) is 0 Å². The Labute approximate surface area is 176 Å². The standard InChI is InChI=1S/C23H25N5O2/c1-17-24-25-23(29-17)21-15-22(30-26-21)19-7-9-20(10-8-19)28-13-11-27(12-14-28)16-18-5-3-2-4-6-18/h2-10,22H,11-16H2,1H3. The molecule has 0 radical (unpaired) electrons. The summed E-state index contributed by atoms with van der Waals surface area (Å²) in [6, 6.07) is 19.3. The topological polar surface area (TPSA) is 67.0 Å². The maximum Gasteiger partial charge on any atom is 0.265 e. The van der Waals surface area contributed by atoms with E-state index in [1.807, 2.05) is 0 Å². The lowest BCUT2D eigenvalue weighted by Crippen LogP contribution is -2.45. The van der Waals surface area contributed by atoms with Crippen LogP contribution in [0.1, 0.15) is 35.4 Å². The van der Waals surface area contributed by atoms with Crippen LogP contribution in [0.15, 0.2) is 64.2 Å². The Morgan fingerprint density at radius 2 is 1.70 bits per heavy atom. The molecule has 1 unspecified atom stereocenters. The van der Waals surface area contributed by atoms with Gasteiger partial charge in [0.2, 0.25) is 5.89 Å². The van der Waals surface area contributed by atoms with Gasteiger partial charge >= 0.3 is 0 Å². The zero-order valence-corrected chi connectivity index (χ0v) is 17.1. The highest BCUT2D eigenvalue weighted by atomic mass is 16.6. The second-order valence-electron chi connectivity index (χ2n) is 7.80. The minimum atomic E-state index is -0.107. The van der Waals surface area contributed by atoms with Crippen molar-refractivity contribution in [3.05, 3.63) is 77.5 Å². The van der Waals surface area contributed by atoms with Gasteiger partial charge in [-0.3, -0.25) is 4.90 Å². The number of nitrogens with zero attached hydrogens (tertiary/aromatic N) is 5. The minimum absolute atomic E-state index is 0.107. The summed E-state index contributed by atoms with van der Waals surface area (Å²) in [6.45, 7) is 7.01. The van der Waals surface area contributed by atoms with Crippen molar-refractivity contribution in [2.24, 2.45) is 5.16 Å². The van der Waals surface area contributed by atoms with Gasteiger partial charge in [0.25, 0.3) is 5.89 Å². The number of rotatable bonds is 5. The van der Waals surface area contributed by atoms with E-state index in [1.165, 1.54) is 11.3 Å². The Bertz CT molecular complexity index is 1010. The second-order valence-corrected chi connectivity index (χ2v) is 7.80. The molecule has 30 heavy (non-hydrogen) atoms. The summed E-state index contributed by atoms with van der Waals surface area (Å²) in [5, 5.41) is 12.0. The third-order valence-corrected chi connectivity index (χ3v) is 5.69. The van der Waals surface area contributed by atoms with Gasteiger partial charge in [0.1, 0.15) is 5.71 Å². The van der Waals surface area contributed by atoms with Gasteiger partial charge in [0.15, 0.2) is 6.10 Å². The van der Waals surface area contributed by atoms with E-state index in [0.717, 1.165) is 38.3 Å². The summed E-state index contributed by atoms with van der Waals surface area (Å²) in [7, 11) is 0. The lowest BCUT2D eigenvalue weighted by molar-refractivity contribution is 0.0857. The van der Waals surface area contributed by atoms with Gasteiger partial charge in [-0.1, -0.05) is 47.6 Å². The molecular formula is C23H25N5O2. The molecule has 1 fully saturated rings. The van der Waals surface area contributed by atoms with Gasteiger partial charge < -0.3 is 14.2 Å². The van der Waals surface area contributed by atoms with E-state index in [0.29, 0.717) is 23.9 Å². The number of anilines is 1. The number of aryl methyl sites for hydroxylation is 1. The van der Waals surface area contributed by atoms with Gasteiger partial charge in [-0.05, 0) is 23.3 Å². The molecule has 1 aromatic heterocycles. The van der Waals surface area contributed by atoms with Crippen LogP contribution in [-0.2, 0) is 11.4 Å². The summed E-state index contributed by atoms with van der Waals surface area (Å²) < 4.78 is 5.45. The van der Waals surface area contributed by atoms with E-state index in [1.54, 1.807) is 6.92 Å². The molecule has 7 heteroatoms. The highest BCUT2D eigenvalue weighted by Gasteiger charge is 2.27. The largest absolute Gasteiger partial charge is 0.420 e. The number of hydrogen-bond acceptors (Lipinski definition) is 7. The predicted molar refractivity (Wildman–Crippen MR) is 114 cm³/mol. The third-order valence-electron chi connectivity index (χ3n) is 5.69. The molecule has 2 aromatic carbocycles. The summed E-state index contributed by atoms with van der Waals surface area (Å²) in [5.74, 6) is 0.976. The van der Waals surface area contributed by atoms with E-state index in [2.05, 4.69) is 79.8 Å². The van der Waals surface area contributed by atoms with Crippen LogP contribution in [0.2, 0.25) is 0 Å². The molecule has 2 aliphatic heterocycles. The molecule has 0 bridgehead atoms. The van der Waals surface area contributed by atoms with Gasteiger partial charge in [0.05, 0.1) is 0 Å². The molecule has 7 nitrogen and oxygen atoms in total. The minimum Gasteiger partial charge on any atom is -0.420 e. The first-order valence-electron chi connectivity index (χ1n) is 10.4. The Kier molecular flexibility index (Phi) is 5.19. The first-order valence-corrected chi connectivity index (χ1v) is 10.4. The van der Waals surface area contributed by atoms with Crippen molar-refractivity contribution in [3.8, 4) is 0 Å². The van der Waals surface area contributed by atoms with Crippen molar-refractivity contribution in [1.29, 1.82) is 0 Å². The van der Waals surface area contributed by atoms with E-state index in [4.69, 9.17) is 9.25 Å². The SMILES string of the molecule is Cc1nnc(C2=NOC(c3ccc(N4CCN(Cc5ccccc5)CC4)cc3)C2)o1. The fraction of sp³-hybridized carbons (Fsp3) is 0.348.